The van der Waals surface area contributed by atoms with E-state index >= 15 is 0 Å². The average Bonchev–Trinajstić information content (AvgIpc) is 2.60. The smallest absolute Gasteiger partial charge is 0.338 e. The zero-order chi connectivity index (χ0) is 13.3. The third-order valence-electron chi connectivity index (χ3n) is 2.44. The maximum atomic E-state index is 11.2. The Hall–Kier alpha value is -1.34. The van der Waals surface area contributed by atoms with Crippen molar-refractivity contribution in [2.24, 2.45) is 7.05 Å². The topological polar surface area (TPSA) is 68.0 Å². The van der Waals surface area contributed by atoms with Gasteiger partial charge < -0.3 is 9.67 Å². The van der Waals surface area contributed by atoms with E-state index in [4.69, 9.17) is 0 Å². The van der Waals surface area contributed by atoms with Gasteiger partial charge in [-0.2, -0.15) is 0 Å². The molecule has 18 heavy (non-hydrogen) atoms. The fraction of sp³-hybridized carbons (Fsp3) is 0.182. The lowest BCUT2D eigenvalue weighted by Gasteiger charge is -2.06. The monoisotopic (exact) mass is 327 g/mol. The molecule has 0 fully saturated rings. The van der Waals surface area contributed by atoms with Crippen molar-refractivity contribution in [3.8, 4) is 0 Å². The van der Waals surface area contributed by atoms with Gasteiger partial charge in [-0.1, -0.05) is 6.07 Å². The average molecular weight is 328 g/mol. The van der Waals surface area contributed by atoms with Gasteiger partial charge in [0.05, 0.1) is 5.56 Å². The second-order valence-corrected chi connectivity index (χ2v) is 5.47. The van der Waals surface area contributed by atoms with E-state index in [9.17, 15) is 9.90 Å². The number of aryl methyl sites for hydroxylation is 1. The quantitative estimate of drug-likeness (QED) is 0.938. The minimum atomic E-state index is -0.969. The molecular formula is C11H10BrN3O2S. The van der Waals surface area contributed by atoms with Gasteiger partial charge in [-0.25, -0.2) is 4.79 Å². The molecule has 0 atom stereocenters. The Labute approximate surface area is 116 Å². The third-order valence-corrected chi connectivity index (χ3v) is 4.20. The van der Waals surface area contributed by atoms with Crippen molar-refractivity contribution in [1.82, 2.24) is 14.8 Å². The van der Waals surface area contributed by atoms with Crippen molar-refractivity contribution in [2.75, 3.05) is 0 Å². The molecule has 0 bridgehead atoms. The molecule has 0 radical (unpaired) electrons. The number of aromatic nitrogens is 3. The Morgan fingerprint density at radius 3 is 2.72 bits per heavy atom. The molecule has 0 spiro atoms. The van der Waals surface area contributed by atoms with Crippen LogP contribution in [-0.4, -0.2) is 25.8 Å². The summed E-state index contributed by atoms with van der Waals surface area (Å²) in [5.41, 5.74) is 0.239. The second kappa shape index (κ2) is 5.11. The first kappa shape index (κ1) is 13.1. The van der Waals surface area contributed by atoms with Crippen molar-refractivity contribution in [1.29, 1.82) is 0 Å². The summed E-state index contributed by atoms with van der Waals surface area (Å²) in [6, 6.07) is 5.25. The van der Waals surface area contributed by atoms with Gasteiger partial charge in [-0.15, -0.1) is 10.2 Å². The van der Waals surface area contributed by atoms with Gasteiger partial charge in [0, 0.05) is 16.4 Å². The van der Waals surface area contributed by atoms with Crippen molar-refractivity contribution < 1.29 is 9.90 Å². The van der Waals surface area contributed by atoms with E-state index in [1.807, 2.05) is 18.5 Å². The Bertz CT molecular complexity index is 612. The Morgan fingerprint density at radius 2 is 2.17 bits per heavy atom. The van der Waals surface area contributed by atoms with Gasteiger partial charge in [0.1, 0.15) is 5.82 Å². The van der Waals surface area contributed by atoms with Crippen LogP contribution in [-0.2, 0) is 7.05 Å². The van der Waals surface area contributed by atoms with E-state index in [1.54, 1.807) is 18.2 Å². The first-order chi connectivity index (χ1) is 8.50. The number of hydrogen-bond donors (Lipinski definition) is 1. The van der Waals surface area contributed by atoms with Crippen molar-refractivity contribution >= 4 is 33.7 Å². The molecule has 1 aromatic heterocycles. The number of rotatable bonds is 3. The highest BCUT2D eigenvalue weighted by atomic mass is 79.9. The summed E-state index contributed by atoms with van der Waals surface area (Å²) in [5, 5.41) is 17.8. The van der Waals surface area contributed by atoms with E-state index in [0.29, 0.717) is 14.5 Å². The number of halogens is 1. The van der Waals surface area contributed by atoms with E-state index < -0.39 is 5.97 Å². The largest absolute Gasteiger partial charge is 0.478 e. The standard InChI is InChI=1S/C11H10BrN3O2S/c1-6-13-14-11(15(6)2)18-8-5-3-4-7(12)9(8)10(16)17/h3-5H,1-2H3,(H,16,17). The summed E-state index contributed by atoms with van der Waals surface area (Å²) in [6.07, 6.45) is 0. The minimum Gasteiger partial charge on any atom is -0.478 e. The van der Waals surface area contributed by atoms with Gasteiger partial charge in [0.25, 0.3) is 0 Å². The van der Waals surface area contributed by atoms with Gasteiger partial charge in [-0.3, -0.25) is 0 Å². The Morgan fingerprint density at radius 1 is 1.44 bits per heavy atom. The molecule has 0 aliphatic rings. The van der Waals surface area contributed by atoms with E-state index in [-0.39, 0.29) is 5.56 Å². The van der Waals surface area contributed by atoms with Crippen LogP contribution in [0.4, 0.5) is 0 Å². The highest BCUT2D eigenvalue weighted by Crippen LogP contribution is 2.32. The zero-order valence-electron chi connectivity index (χ0n) is 9.72. The highest BCUT2D eigenvalue weighted by Gasteiger charge is 2.17. The first-order valence-corrected chi connectivity index (χ1v) is 6.67. The molecule has 1 aromatic carbocycles. The summed E-state index contributed by atoms with van der Waals surface area (Å²) in [7, 11) is 1.84. The van der Waals surface area contributed by atoms with Crippen LogP contribution in [0.2, 0.25) is 0 Å². The normalized spacial score (nSPS) is 10.6. The van der Waals surface area contributed by atoms with Crippen LogP contribution in [0.5, 0.6) is 0 Å². The van der Waals surface area contributed by atoms with Crippen molar-refractivity contribution in [3.05, 3.63) is 34.1 Å². The van der Waals surface area contributed by atoms with E-state index in [0.717, 1.165) is 5.82 Å². The van der Waals surface area contributed by atoms with Crippen molar-refractivity contribution in [3.63, 3.8) is 0 Å². The van der Waals surface area contributed by atoms with Gasteiger partial charge in [0.2, 0.25) is 0 Å². The lowest BCUT2D eigenvalue weighted by atomic mass is 10.2. The SMILES string of the molecule is Cc1nnc(Sc2cccc(Br)c2C(=O)O)n1C. The summed E-state index contributed by atoms with van der Waals surface area (Å²) >= 11 is 4.53. The van der Waals surface area contributed by atoms with Gasteiger partial charge >= 0.3 is 5.97 Å². The van der Waals surface area contributed by atoms with Crippen LogP contribution in [0.1, 0.15) is 16.2 Å². The summed E-state index contributed by atoms with van der Waals surface area (Å²) in [5.74, 6) is -0.187. The molecule has 0 saturated heterocycles. The van der Waals surface area contributed by atoms with Crippen LogP contribution in [0.25, 0.3) is 0 Å². The fourth-order valence-corrected chi connectivity index (χ4v) is 3.03. The van der Waals surface area contributed by atoms with Gasteiger partial charge in [0.15, 0.2) is 5.16 Å². The molecule has 1 N–H and O–H groups in total. The third kappa shape index (κ3) is 2.41. The molecule has 2 aromatic rings. The summed E-state index contributed by atoms with van der Waals surface area (Å²) in [4.78, 5) is 11.9. The van der Waals surface area contributed by atoms with Crippen molar-refractivity contribution in [2.45, 2.75) is 17.0 Å². The number of carbonyl (C=O) groups is 1. The molecule has 0 aliphatic carbocycles. The molecule has 2 rings (SSSR count). The second-order valence-electron chi connectivity index (χ2n) is 3.61. The van der Waals surface area contributed by atoms with Crippen LogP contribution < -0.4 is 0 Å². The Balaban J connectivity index is 2.44. The maximum Gasteiger partial charge on any atom is 0.338 e. The van der Waals surface area contributed by atoms with Crippen LogP contribution >= 0.6 is 27.7 Å². The molecule has 7 heteroatoms. The number of benzene rings is 1. The molecular weight excluding hydrogens is 318 g/mol. The van der Waals surface area contributed by atoms with E-state index in [2.05, 4.69) is 26.1 Å². The molecule has 0 aliphatic heterocycles. The molecule has 1 heterocycles. The van der Waals surface area contributed by atoms with Crippen LogP contribution in [0.15, 0.2) is 32.7 Å². The molecule has 0 amide bonds. The maximum absolute atomic E-state index is 11.2. The molecule has 94 valence electrons. The van der Waals surface area contributed by atoms with Crippen LogP contribution in [0, 0.1) is 6.92 Å². The number of hydrogen-bond acceptors (Lipinski definition) is 4. The predicted octanol–water partition coefficient (Wildman–Crippen LogP) is 2.74. The lowest BCUT2D eigenvalue weighted by Crippen LogP contribution is -2.01. The number of carboxylic acid groups (broad SMARTS) is 1. The number of nitrogens with zero attached hydrogens (tertiary/aromatic N) is 3. The Kier molecular flexibility index (Phi) is 3.72. The van der Waals surface area contributed by atoms with Crippen LogP contribution in [0.3, 0.4) is 0 Å². The number of carboxylic acids is 1. The summed E-state index contributed by atoms with van der Waals surface area (Å²) in [6.45, 7) is 1.84. The summed E-state index contributed by atoms with van der Waals surface area (Å²) < 4.78 is 2.37. The molecule has 0 unspecified atom stereocenters. The predicted molar refractivity (Wildman–Crippen MR) is 71.0 cm³/mol. The zero-order valence-corrected chi connectivity index (χ0v) is 12.1. The highest BCUT2D eigenvalue weighted by molar-refractivity contribution is 9.10. The number of aromatic carboxylic acids is 1. The first-order valence-electron chi connectivity index (χ1n) is 5.06. The molecule has 5 nitrogen and oxygen atoms in total. The molecule has 0 saturated carbocycles. The van der Waals surface area contributed by atoms with Gasteiger partial charge in [-0.05, 0) is 46.7 Å². The lowest BCUT2D eigenvalue weighted by molar-refractivity contribution is 0.0692. The van der Waals surface area contributed by atoms with E-state index in [1.165, 1.54) is 11.8 Å². The minimum absolute atomic E-state index is 0.239. The fourth-order valence-electron chi connectivity index (χ4n) is 1.37.